The van der Waals surface area contributed by atoms with Crippen molar-refractivity contribution in [1.82, 2.24) is 9.97 Å². The van der Waals surface area contributed by atoms with Gasteiger partial charge in [-0.1, -0.05) is 11.6 Å². The van der Waals surface area contributed by atoms with Gasteiger partial charge in [-0.2, -0.15) is 0 Å². The highest BCUT2D eigenvalue weighted by atomic mass is 35.5. The molecule has 1 unspecified atom stereocenters. The first-order valence-corrected chi connectivity index (χ1v) is 5.52. The van der Waals surface area contributed by atoms with Gasteiger partial charge in [0.05, 0.1) is 5.02 Å². The molecular formula is C11H12ClN3. The number of hydrogen-bond acceptors (Lipinski definition) is 2. The van der Waals surface area contributed by atoms with E-state index in [2.05, 4.69) is 9.97 Å². The van der Waals surface area contributed by atoms with E-state index in [9.17, 15) is 0 Å². The van der Waals surface area contributed by atoms with Crippen LogP contribution in [0.3, 0.4) is 0 Å². The zero-order valence-electron chi connectivity index (χ0n) is 8.20. The average molecular weight is 222 g/mol. The van der Waals surface area contributed by atoms with E-state index in [1.165, 1.54) is 12.8 Å². The summed E-state index contributed by atoms with van der Waals surface area (Å²) in [5, 5.41) is 1.74. The van der Waals surface area contributed by atoms with Crippen LogP contribution in [-0.2, 0) is 0 Å². The molecule has 0 saturated heterocycles. The second-order valence-corrected chi connectivity index (χ2v) is 4.53. The molecule has 0 bridgehead atoms. The highest BCUT2D eigenvalue weighted by molar-refractivity contribution is 6.32. The number of fused-ring (bicyclic) bond motifs is 1. The van der Waals surface area contributed by atoms with Crippen LogP contribution in [0.25, 0.3) is 11.0 Å². The summed E-state index contributed by atoms with van der Waals surface area (Å²) in [5.74, 6) is 0.600. The van der Waals surface area contributed by atoms with E-state index in [0.717, 1.165) is 16.6 Å². The number of aromatic amines is 1. The lowest BCUT2D eigenvalue weighted by Crippen LogP contribution is -2.13. The molecule has 2 heterocycles. The summed E-state index contributed by atoms with van der Waals surface area (Å²) < 4.78 is 0. The van der Waals surface area contributed by atoms with Crippen LogP contribution in [0.5, 0.6) is 0 Å². The number of hydrogen-bond donors (Lipinski definition) is 2. The molecule has 1 atom stereocenters. The zero-order chi connectivity index (χ0) is 10.4. The molecule has 0 amide bonds. The molecule has 0 aromatic carbocycles. The van der Waals surface area contributed by atoms with E-state index in [-0.39, 0.29) is 6.04 Å². The molecule has 3 N–H and O–H groups in total. The normalized spacial score (nSPS) is 18.3. The second kappa shape index (κ2) is 3.22. The molecule has 0 radical (unpaired) electrons. The Balaban J connectivity index is 2.20. The number of nitrogens with zero attached hydrogens (tertiary/aromatic N) is 1. The van der Waals surface area contributed by atoms with Crippen molar-refractivity contribution in [2.45, 2.75) is 18.9 Å². The Labute approximate surface area is 92.6 Å². The van der Waals surface area contributed by atoms with Crippen LogP contribution in [0.15, 0.2) is 18.5 Å². The lowest BCUT2D eigenvalue weighted by Gasteiger charge is -2.13. The number of nitrogens with one attached hydrogen (secondary N) is 1. The minimum absolute atomic E-state index is 0.0544. The van der Waals surface area contributed by atoms with Gasteiger partial charge in [0.15, 0.2) is 0 Å². The lowest BCUT2D eigenvalue weighted by molar-refractivity contribution is 0.638. The van der Waals surface area contributed by atoms with Gasteiger partial charge in [0, 0.05) is 29.4 Å². The van der Waals surface area contributed by atoms with Crippen LogP contribution in [0.1, 0.15) is 24.4 Å². The molecule has 4 heteroatoms. The summed E-state index contributed by atoms with van der Waals surface area (Å²) in [4.78, 5) is 7.30. The molecule has 3 nitrogen and oxygen atoms in total. The van der Waals surface area contributed by atoms with Gasteiger partial charge in [-0.3, -0.25) is 0 Å². The third-order valence-electron chi connectivity index (χ3n) is 3.04. The van der Waals surface area contributed by atoms with E-state index in [0.29, 0.717) is 10.9 Å². The molecule has 2 aromatic rings. The maximum absolute atomic E-state index is 6.20. The number of halogens is 1. The van der Waals surface area contributed by atoms with Crippen molar-refractivity contribution in [1.29, 1.82) is 0 Å². The third-order valence-corrected chi connectivity index (χ3v) is 3.34. The standard InChI is InChI=1S/C11H12ClN3/c12-8-5-15-11-7(3-4-14-11)9(8)10(13)6-1-2-6/h3-6,10H,1-2,13H2,(H,14,15). The Morgan fingerprint density at radius 2 is 2.33 bits per heavy atom. The quantitative estimate of drug-likeness (QED) is 0.819. The maximum atomic E-state index is 6.20. The van der Waals surface area contributed by atoms with Crippen LogP contribution in [0.4, 0.5) is 0 Å². The molecule has 1 aliphatic rings. The highest BCUT2D eigenvalue weighted by Crippen LogP contribution is 2.43. The zero-order valence-corrected chi connectivity index (χ0v) is 8.96. The van der Waals surface area contributed by atoms with Crippen molar-refractivity contribution in [2.75, 3.05) is 0 Å². The first-order valence-electron chi connectivity index (χ1n) is 5.14. The fourth-order valence-electron chi connectivity index (χ4n) is 2.03. The van der Waals surface area contributed by atoms with Crippen molar-refractivity contribution >= 4 is 22.6 Å². The molecule has 0 spiro atoms. The van der Waals surface area contributed by atoms with Crippen LogP contribution >= 0.6 is 11.6 Å². The molecule has 1 fully saturated rings. The first-order chi connectivity index (χ1) is 7.27. The SMILES string of the molecule is NC(c1c(Cl)cnc2[nH]ccc12)C1CC1. The van der Waals surface area contributed by atoms with Crippen molar-refractivity contribution in [3.63, 3.8) is 0 Å². The molecule has 15 heavy (non-hydrogen) atoms. The average Bonchev–Trinajstić information content (AvgIpc) is 2.97. The summed E-state index contributed by atoms with van der Waals surface area (Å²) in [5.41, 5.74) is 8.11. The predicted molar refractivity (Wildman–Crippen MR) is 60.8 cm³/mol. The van der Waals surface area contributed by atoms with Crippen molar-refractivity contribution < 1.29 is 0 Å². The molecule has 0 aliphatic heterocycles. The van der Waals surface area contributed by atoms with Gasteiger partial charge < -0.3 is 10.7 Å². The first kappa shape index (κ1) is 9.19. The number of nitrogens with two attached hydrogens (primary N) is 1. The molecule has 78 valence electrons. The van der Waals surface area contributed by atoms with Gasteiger partial charge >= 0.3 is 0 Å². The molecule has 1 saturated carbocycles. The Morgan fingerprint density at radius 1 is 1.53 bits per heavy atom. The summed E-state index contributed by atoms with van der Waals surface area (Å²) in [7, 11) is 0. The second-order valence-electron chi connectivity index (χ2n) is 4.12. The molecule has 2 aromatic heterocycles. The minimum Gasteiger partial charge on any atom is -0.346 e. The Morgan fingerprint density at radius 3 is 3.07 bits per heavy atom. The van der Waals surface area contributed by atoms with E-state index in [1.54, 1.807) is 6.20 Å². The Hall–Kier alpha value is -1.06. The van der Waals surface area contributed by atoms with Crippen molar-refractivity contribution in [3.05, 3.63) is 29.0 Å². The number of aromatic nitrogens is 2. The maximum Gasteiger partial charge on any atom is 0.137 e. The predicted octanol–water partition coefficient (Wildman–Crippen LogP) is 2.63. The van der Waals surface area contributed by atoms with E-state index in [1.807, 2.05) is 12.3 Å². The summed E-state index contributed by atoms with van der Waals surface area (Å²) in [6.45, 7) is 0. The monoisotopic (exact) mass is 221 g/mol. The van der Waals surface area contributed by atoms with Gasteiger partial charge in [-0.05, 0) is 24.8 Å². The topological polar surface area (TPSA) is 54.7 Å². The van der Waals surface area contributed by atoms with E-state index in [4.69, 9.17) is 17.3 Å². The highest BCUT2D eigenvalue weighted by Gasteiger charge is 2.31. The van der Waals surface area contributed by atoms with Crippen LogP contribution in [-0.4, -0.2) is 9.97 Å². The largest absolute Gasteiger partial charge is 0.346 e. The number of pyridine rings is 1. The van der Waals surface area contributed by atoms with E-state index >= 15 is 0 Å². The van der Waals surface area contributed by atoms with Gasteiger partial charge in [-0.15, -0.1) is 0 Å². The van der Waals surface area contributed by atoms with Gasteiger partial charge in [0.25, 0.3) is 0 Å². The molecule has 1 aliphatic carbocycles. The molecule has 3 rings (SSSR count). The third kappa shape index (κ3) is 1.43. The number of rotatable bonds is 2. The summed E-state index contributed by atoms with van der Waals surface area (Å²) >= 11 is 6.17. The Kier molecular flexibility index (Phi) is 1.97. The lowest BCUT2D eigenvalue weighted by atomic mass is 10.0. The van der Waals surface area contributed by atoms with E-state index < -0.39 is 0 Å². The van der Waals surface area contributed by atoms with Crippen LogP contribution in [0, 0.1) is 5.92 Å². The summed E-state index contributed by atoms with van der Waals surface area (Å²) in [6, 6.07) is 2.05. The fourth-order valence-corrected chi connectivity index (χ4v) is 2.31. The fraction of sp³-hybridized carbons (Fsp3) is 0.364. The van der Waals surface area contributed by atoms with Crippen LogP contribution in [0.2, 0.25) is 5.02 Å². The summed E-state index contributed by atoms with van der Waals surface area (Å²) in [6.07, 6.45) is 5.98. The molecular weight excluding hydrogens is 210 g/mol. The Bertz CT molecular complexity index is 502. The minimum atomic E-state index is 0.0544. The number of H-pyrrole nitrogens is 1. The van der Waals surface area contributed by atoms with Crippen LogP contribution < -0.4 is 5.73 Å². The van der Waals surface area contributed by atoms with Gasteiger partial charge in [0.2, 0.25) is 0 Å². The van der Waals surface area contributed by atoms with Gasteiger partial charge in [0.1, 0.15) is 5.65 Å². The van der Waals surface area contributed by atoms with Crippen molar-refractivity contribution in [3.8, 4) is 0 Å². The van der Waals surface area contributed by atoms with Crippen molar-refractivity contribution in [2.24, 2.45) is 11.7 Å². The van der Waals surface area contributed by atoms with Gasteiger partial charge in [-0.25, -0.2) is 4.98 Å². The smallest absolute Gasteiger partial charge is 0.137 e.